The second-order valence-corrected chi connectivity index (χ2v) is 5.20. The maximum atomic E-state index is 12.1. The Morgan fingerprint density at radius 2 is 1.88 bits per heavy atom. The number of amides is 1. The normalized spacial score (nSPS) is 10.6. The van der Waals surface area contributed by atoms with Crippen molar-refractivity contribution in [2.45, 2.75) is 6.92 Å². The molecule has 0 radical (unpaired) electrons. The molecule has 132 valence electrons. The highest BCUT2D eigenvalue weighted by Crippen LogP contribution is 2.17. The van der Waals surface area contributed by atoms with Crippen LogP contribution in [0.1, 0.15) is 15.9 Å². The van der Waals surface area contributed by atoms with Crippen molar-refractivity contribution in [3.63, 3.8) is 0 Å². The molecule has 26 heavy (non-hydrogen) atoms. The number of methoxy groups -OCH3 is 1. The monoisotopic (exact) mass is 352 g/mol. The number of carbonyl (C=O) groups excluding carboxylic acids is 1. The summed E-state index contributed by atoms with van der Waals surface area (Å²) in [5.74, 6) is -1.15. The Morgan fingerprint density at radius 3 is 2.46 bits per heavy atom. The Kier molecular flexibility index (Phi) is 5.90. The number of carbonyl (C=O) groups is 2. The predicted octanol–water partition coefficient (Wildman–Crippen LogP) is 2.63. The lowest BCUT2D eigenvalue weighted by molar-refractivity contribution is -0.110. The van der Waals surface area contributed by atoms with Crippen molar-refractivity contribution in [3.05, 3.63) is 53.6 Å². The van der Waals surface area contributed by atoms with E-state index in [-0.39, 0.29) is 5.56 Å². The molecular formula is C18H16N4O4. The average Bonchev–Trinajstić information content (AvgIpc) is 2.64. The van der Waals surface area contributed by atoms with Gasteiger partial charge in [0.15, 0.2) is 0 Å². The van der Waals surface area contributed by atoms with Crippen LogP contribution >= 0.6 is 0 Å². The fraction of sp³-hybridized carbons (Fsp3) is 0.111. The zero-order chi connectivity index (χ0) is 19.1. The Balaban J connectivity index is 2.14. The van der Waals surface area contributed by atoms with Gasteiger partial charge in [0, 0.05) is 5.69 Å². The van der Waals surface area contributed by atoms with Gasteiger partial charge in [-0.15, -0.1) is 0 Å². The van der Waals surface area contributed by atoms with Gasteiger partial charge in [-0.2, -0.15) is 10.4 Å². The minimum absolute atomic E-state index is 0.0643. The predicted molar refractivity (Wildman–Crippen MR) is 96.4 cm³/mol. The first kappa shape index (κ1) is 18.5. The molecule has 1 amide bonds. The van der Waals surface area contributed by atoms with Crippen molar-refractivity contribution < 1.29 is 19.4 Å². The number of nitrogens with one attached hydrogen (secondary N) is 2. The molecule has 0 bridgehead atoms. The van der Waals surface area contributed by atoms with E-state index in [0.29, 0.717) is 22.7 Å². The Labute approximate surface area is 149 Å². The topological polar surface area (TPSA) is 124 Å². The number of rotatable bonds is 6. The van der Waals surface area contributed by atoms with Gasteiger partial charge in [0.25, 0.3) is 5.91 Å². The average molecular weight is 352 g/mol. The summed E-state index contributed by atoms with van der Waals surface area (Å²) in [4.78, 5) is 23.2. The third-order valence-electron chi connectivity index (χ3n) is 3.44. The van der Waals surface area contributed by atoms with Crippen molar-refractivity contribution in [1.29, 1.82) is 5.26 Å². The molecule has 3 N–H and O–H groups in total. The fourth-order valence-electron chi connectivity index (χ4n) is 1.98. The van der Waals surface area contributed by atoms with Crippen molar-refractivity contribution in [3.8, 4) is 11.8 Å². The maximum Gasteiger partial charge on any atom is 0.335 e. The molecule has 0 fully saturated rings. The maximum absolute atomic E-state index is 12.1. The smallest absolute Gasteiger partial charge is 0.335 e. The number of nitriles is 1. The summed E-state index contributed by atoms with van der Waals surface area (Å²) in [7, 11) is 1.53. The zero-order valence-electron chi connectivity index (χ0n) is 14.1. The molecule has 0 saturated carbocycles. The van der Waals surface area contributed by atoms with Gasteiger partial charge in [0.1, 0.15) is 11.8 Å². The van der Waals surface area contributed by atoms with E-state index in [1.807, 2.05) is 0 Å². The summed E-state index contributed by atoms with van der Waals surface area (Å²) in [6.45, 7) is 1.74. The van der Waals surface area contributed by atoms with Crippen LogP contribution in [0.15, 0.2) is 47.6 Å². The van der Waals surface area contributed by atoms with E-state index < -0.39 is 17.6 Å². The number of ether oxygens (including phenoxy) is 1. The van der Waals surface area contributed by atoms with Gasteiger partial charge in [0.05, 0.1) is 18.4 Å². The van der Waals surface area contributed by atoms with Crippen molar-refractivity contribution in [2.75, 3.05) is 17.9 Å². The van der Waals surface area contributed by atoms with Crippen molar-refractivity contribution in [2.24, 2.45) is 5.10 Å². The van der Waals surface area contributed by atoms with Crippen LogP contribution < -0.4 is 15.5 Å². The van der Waals surface area contributed by atoms with Gasteiger partial charge in [-0.25, -0.2) is 4.79 Å². The van der Waals surface area contributed by atoms with Gasteiger partial charge in [-0.05, 0) is 48.9 Å². The van der Waals surface area contributed by atoms with E-state index in [1.54, 1.807) is 43.3 Å². The lowest BCUT2D eigenvalue weighted by Gasteiger charge is -2.08. The number of aromatic carboxylic acids is 1. The summed E-state index contributed by atoms with van der Waals surface area (Å²) < 4.78 is 5.03. The molecule has 0 atom stereocenters. The number of carboxylic acids is 1. The summed E-state index contributed by atoms with van der Waals surface area (Å²) >= 11 is 0. The molecular weight excluding hydrogens is 336 g/mol. The molecule has 0 heterocycles. The highest BCUT2D eigenvalue weighted by atomic mass is 16.5. The van der Waals surface area contributed by atoms with Crippen LogP contribution in [0.5, 0.6) is 5.75 Å². The number of benzene rings is 2. The minimum Gasteiger partial charge on any atom is -0.497 e. The molecule has 2 aromatic rings. The zero-order valence-corrected chi connectivity index (χ0v) is 14.1. The van der Waals surface area contributed by atoms with Crippen LogP contribution in [0.25, 0.3) is 0 Å². The van der Waals surface area contributed by atoms with E-state index in [0.717, 1.165) is 0 Å². The molecule has 2 rings (SSSR count). The number of hydrazone groups is 1. The van der Waals surface area contributed by atoms with E-state index >= 15 is 0 Å². The molecule has 0 aromatic heterocycles. The summed E-state index contributed by atoms with van der Waals surface area (Å²) in [5.41, 5.74) is 3.80. The van der Waals surface area contributed by atoms with Crippen LogP contribution in [0.4, 0.5) is 11.4 Å². The molecule has 0 aliphatic heterocycles. The minimum atomic E-state index is -1.09. The number of hydrogen-bond donors (Lipinski definition) is 3. The molecule has 0 aliphatic rings. The van der Waals surface area contributed by atoms with Crippen LogP contribution in [-0.4, -0.2) is 29.8 Å². The molecule has 8 nitrogen and oxygen atoms in total. The molecule has 0 aliphatic carbocycles. The van der Waals surface area contributed by atoms with Gasteiger partial charge in [-0.3, -0.25) is 10.2 Å². The van der Waals surface area contributed by atoms with Crippen LogP contribution in [0.3, 0.4) is 0 Å². The van der Waals surface area contributed by atoms with E-state index in [4.69, 9.17) is 15.1 Å². The molecule has 8 heteroatoms. The SMILES string of the molecule is COc1ccc(NC(=O)C(C#N)=NNc2cc(C(=O)O)ccc2C)cc1. The molecule has 2 aromatic carbocycles. The van der Waals surface area contributed by atoms with Gasteiger partial charge in [-0.1, -0.05) is 6.07 Å². The third-order valence-corrected chi connectivity index (χ3v) is 3.44. The molecule has 0 saturated heterocycles. The van der Waals surface area contributed by atoms with Crippen LogP contribution in [-0.2, 0) is 4.79 Å². The summed E-state index contributed by atoms with van der Waals surface area (Å²) in [5, 5.41) is 24.5. The standard InChI is InChI=1S/C18H16N4O4/c1-11-3-4-12(18(24)25)9-15(11)21-22-16(10-19)17(23)20-13-5-7-14(26-2)8-6-13/h3-9,21H,1-2H3,(H,20,23)(H,24,25). The molecule has 0 unspecified atom stereocenters. The number of aryl methyl sites for hydroxylation is 1. The second-order valence-electron chi connectivity index (χ2n) is 5.20. The fourth-order valence-corrected chi connectivity index (χ4v) is 1.98. The van der Waals surface area contributed by atoms with E-state index in [9.17, 15) is 9.59 Å². The number of hydrogen-bond acceptors (Lipinski definition) is 6. The Bertz CT molecular complexity index is 898. The Morgan fingerprint density at radius 1 is 1.19 bits per heavy atom. The van der Waals surface area contributed by atoms with E-state index in [1.165, 1.54) is 19.2 Å². The van der Waals surface area contributed by atoms with Crippen molar-refractivity contribution >= 4 is 29.0 Å². The highest BCUT2D eigenvalue weighted by Gasteiger charge is 2.12. The number of nitrogens with zero attached hydrogens (tertiary/aromatic N) is 2. The second kappa shape index (κ2) is 8.30. The first-order chi connectivity index (χ1) is 12.4. The Hall–Kier alpha value is -3.86. The lowest BCUT2D eigenvalue weighted by atomic mass is 10.1. The van der Waals surface area contributed by atoms with E-state index in [2.05, 4.69) is 15.8 Å². The van der Waals surface area contributed by atoms with Gasteiger partial charge in [0.2, 0.25) is 5.71 Å². The quantitative estimate of drug-likeness (QED) is 0.542. The summed E-state index contributed by atoms with van der Waals surface area (Å²) in [6, 6.07) is 12.7. The van der Waals surface area contributed by atoms with Crippen LogP contribution in [0.2, 0.25) is 0 Å². The highest BCUT2D eigenvalue weighted by molar-refractivity contribution is 6.48. The lowest BCUT2D eigenvalue weighted by Crippen LogP contribution is -2.22. The summed E-state index contributed by atoms with van der Waals surface area (Å²) in [6.07, 6.45) is 0. The number of carboxylic acid groups (broad SMARTS) is 1. The van der Waals surface area contributed by atoms with Crippen LogP contribution in [0, 0.1) is 18.3 Å². The third kappa shape index (κ3) is 4.58. The van der Waals surface area contributed by atoms with Crippen molar-refractivity contribution in [1.82, 2.24) is 0 Å². The van der Waals surface area contributed by atoms with Gasteiger partial charge >= 0.3 is 5.97 Å². The van der Waals surface area contributed by atoms with Gasteiger partial charge < -0.3 is 15.2 Å². The number of anilines is 2. The first-order valence-electron chi connectivity index (χ1n) is 7.47. The first-order valence-corrected chi connectivity index (χ1v) is 7.47. The molecule has 0 spiro atoms. The largest absolute Gasteiger partial charge is 0.497 e.